The zero-order valence-corrected chi connectivity index (χ0v) is 20.0. The number of carbonyl (C=O) groups is 1. The molecule has 8 heteroatoms. The number of amides is 1. The number of imidazole rings is 1. The van der Waals surface area contributed by atoms with Crippen molar-refractivity contribution in [3.05, 3.63) is 95.8 Å². The van der Waals surface area contributed by atoms with Gasteiger partial charge in [-0.1, -0.05) is 49.4 Å². The summed E-state index contributed by atoms with van der Waals surface area (Å²) in [7, 11) is -3.63. The molecule has 1 aromatic heterocycles. The van der Waals surface area contributed by atoms with Crippen molar-refractivity contribution in [3.63, 3.8) is 0 Å². The van der Waals surface area contributed by atoms with Gasteiger partial charge in [-0.15, -0.1) is 0 Å². The number of rotatable bonds is 9. The van der Waals surface area contributed by atoms with E-state index in [1.54, 1.807) is 0 Å². The number of hydrogen-bond acceptors (Lipinski definition) is 4. The maximum absolute atomic E-state index is 13.1. The summed E-state index contributed by atoms with van der Waals surface area (Å²) >= 11 is 0. The maximum Gasteiger partial charge on any atom is 0.251 e. The molecule has 176 valence electrons. The molecule has 2 unspecified atom stereocenters. The van der Waals surface area contributed by atoms with Gasteiger partial charge in [-0.3, -0.25) is 4.79 Å². The zero-order chi connectivity index (χ0) is 24.1. The van der Waals surface area contributed by atoms with Gasteiger partial charge in [0.15, 0.2) is 0 Å². The van der Waals surface area contributed by atoms with Crippen molar-refractivity contribution in [2.75, 3.05) is 0 Å². The van der Waals surface area contributed by atoms with Gasteiger partial charge in [-0.05, 0) is 61.7 Å². The number of hydrogen-bond donors (Lipinski definition) is 3. The highest BCUT2D eigenvalue weighted by molar-refractivity contribution is 7.89. The molecule has 0 radical (unpaired) electrons. The molecule has 1 amide bonds. The lowest BCUT2D eigenvalue weighted by atomic mass is 10.0. The van der Waals surface area contributed by atoms with Crippen LogP contribution in [0.1, 0.15) is 48.1 Å². The predicted molar refractivity (Wildman–Crippen MR) is 133 cm³/mol. The minimum absolute atomic E-state index is 0.127. The molecule has 0 aliphatic heterocycles. The summed E-state index contributed by atoms with van der Waals surface area (Å²) < 4.78 is 27.6. The summed E-state index contributed by atoms with van der Waals surface area (Å²) in [5, 5.41) is 3.06. The molecular formula is C26H28N4O3S. The zero-order valence-electron chi connectivity index (χ0n) is 19.2. The van der Waals surface area contributed by atoms with E-state index in [0.29, 0.717) is 24.2 Å². The first-order valence-electron chi connectivity index (χ1n) is 11.3. The number of carbonyl (C=O) groups excluding carboxylic acids is 1. The van der Waals surface area contributed by atoms with Crippen molar-refractivity contribution in [2.24, 2.45) is 0 Å². The number of H-pyrrole nitrogens is 1. The molecule has 34 heavy (non-hydrogen) atoms. The van der Waals surface area contributed by atoms with Crippen LogP contribution in [0.15, 0.2) is 83.8 Å². The van der Waals surface area contributed by atoms with Crippen LogP contribution in [0.2, 0.25) is 0 Å². The second-order valence-corrected chi connectivity index (χ2v) is 10.0. The lowest BCUT2D eigenvalue weighted by Crippen LogP contribution is -2.32. The van der Waals surface area contributed by atoms with Crippen LogP contribution < -0.4 is 10.0 Å². The first-order chi connectivity index (χ1) is 16.4. The molecule has 0 spiro atoms. The summed E-state index contributed by atoms with van der Waals surface area (Å²) in [6, 6.07) is 23.0. The minimum Gasteiger partial charge on any atom is -0.342 e. The van der Waals surface area contributed by atoms with E-state index < -0.39 is 16.1 Å². The monoisotopic (exact) mass is 476 g/mol. The van der Waals surface area contributed by atoms with Gasteiger partial charge in [0.2, 0.25) is 10.0 Å². The van der Waals surface area contributed by atoms with Gasteiger partial charge in [0.25, 0.3) is 5.91 Å². The highest BCUT2D eigenvalue weighted by Gasteiger charge is 2.21. The third kappa shape index (κ3) is 5.52. The van der Waals surface area contributed by atoms with Crippen molar-refractivity contribution in [2.45, 2.75) is 43.7 Å². The summed E-state index contributed by atoms with van der Waals surface area (Å²) in [6.45, 7) is 3.72. The molecule has 0 saturated heterocycles. The van der Waals surface area contributed by atoms with Crippen molar-refractivity contribution in [3.8, 4) is 0 Å². The Kier molecular flexibility index (Phi) is 7.09. The number of nitrogens with one attached hydrogen (secondary N) is 3. The van der Waals surface area contributed by atoms with Crippen molar-refractivity contribution in [1.29, 1.82) is 0 Å². The molecule has 3 N–H and O–H groups in total. The minimum atomic E-state index is -3.63. The molecule has 2 atom stereocenters. The summed E-state index contributed by atoms with van der Waals surface area (Å²) in [5.74, 6) is 0.357. The highest BCUT2D eigenvalue weighted by Crippen LogP contribution is 2.21. The molecular weight excluding hydrogens is 448 g/mol. The van der Waals surface area contributed by atoms with Crippen molar-refractivity contribution in [1.82, 2.24) is 20.0 Å². The fraction of sp³-hybridized carbons (Fsp3) is 0.231. The Morgan fingerprint density at radius 1 is 0.971 bits per heavy atom. The molecule has 0 aliphatic rings. The molecule has 4 aromatic rings. The second-order valence-electron chi connectivity index (χ2n) is 8.31. The van der Waals surface area contributed by atoms with Crippen LogP contribution >= 0.6 is 0 Å². The van der Waals surface area contributed by atoms with Crippen LogP contribution in [0.5, 0.6) is 0 Å². The van der Waals surface area contributed by atoms with E-state index in [9.17, 15) is 13.2 Å². The number of aromatic nitrogens is 2. The molecule has 4 rings (SSSR count). The largest absolute Gasteiger partial charge is 0.342 e. The summed E-state index contributed by atoms with van der Waals surface area (Å²) in [4.78, 5) is 21.2. The third-order valence-corrected chi connectivity index (χ3v) is 7.33. The van der Waals surface area contributed by atoms with E-state index in [1.807, 2.05) is 68.4 Å². The number of fused-ring (bicyclic) bond motifs is 1. The Labute approximate surface area is 199 Å². The number of sulfonamides is 1. The lowest BCUT2D eigenvalue weighted by Gasteiger charge is -2.17. The van der Waals surface area contributed by atoms with Crippen LogP contribution in [0.4, 0.5) is 0 Å². The van der Waals surface area contributed by atoms with E-state index in [1.165, 1.54) is 24.3 Å². The number of para-hydroxylation sites is 2. The Morgan fingerprint density at radius 2 is 1.65 bits per heavy atom. The fourth-order valence-electron chi connectivity index (χ4n) is 3.65. The molecule has 0 saturated carbocycles. The fourth-order valence-corrected chi connectivity index (χ4v) is 4.97. The van der Waals surface area contributed by atoms with E-state index in [2.05, 4.69) is 20.0 Å². The van der Waals surface area contributed by atoms with Gasteiger partial charge in [0.1, 0.15) is 5.82 Å². The molecule has 3 aromatic carbocycles. The van der Waals surface area contributed by atoms with E-state index in [4.69, 9.17) is 0 Å². The average molecular weight is 477 g/mol. The Balaban J connectivity index is 1.56. The van der Waals surface area contributed by atoms with E-state index in [-0.39, 0.29) is 16.8 Å². The number of nitrogens with zero attached hydrogens (tertiary/aromatic N) is 1. The van der Waals surface area contributed by atoms with Crippen molar-refractivity contribution < 1.29 is 13.2 Å². The van der Waals surface area contributed by atoms with Crippen molar-refractivity contribution >= 4 is 27.0 Å². The first kappa shape index (κ1) is 23.7. The Morgan fingerprint density at radius 3 is 2.32 bits per heavy atom. The summed E-state index contributed by atoms with van der Waals surface area (Å²) in [6.07, 6.45) is 1.24. The Hall–Kier alpha value is -3.49. The standard InChI is InChI=1S/C26H28N4O3S/c1-3-18(2)30-34(32,33)21-15-13-20(14-16-21)26(31)29-24(17-19-9-5-4-6-10-19)25-27-22-11-7-8-12-23(22)28-25/h4-16,18,24,30H,3,17H2,1-2H3,(H,27,28)(H,29,31). The van der Waals surface area contributed by atoms with E-state index in [0.717, 1.165) is 16.6 Å². The quantitative estimate of drug-likeness (QED) is 0.334. The first-order valence-corrected chi connectivity index (χ1v) is 12.8. The van der Waals surface area contributed by atoms with Gasteiger partial charge in [0.05, 0.1) is 22.0 Å². The highest BCUT2D eigenvalue weighted by atomic mass is 32.2. The molecule has 1 heterocycles. The van der Waals surface area contributed by atoms with Crippen LogP contribution in [0.25, 0.3) is 11.0 Å². The predicted octanol–water partition coefficient (Wildman–Crippen LogP) is 4.35. The van der Waals surface area contributed by atoms with Crippen LogP contribution in [0.3, 0.4) is 0 Å². The van der Waals surface area contributed by atoms with Gasteiger partial charge in [0, 0.05) is 11.6 Å². The Bertz CT molecular complexity index is 1330. The van der Waals surface area contributed by atoms with Gasteiger partial charge in [-0.25, -0.2) is 18.1 Å². The maximum atomic E-state index is 13.1. The lowest BCUT2D eigenvalue weighted by molar-refractivity contribution is 0.0934. The number of benzene rings is 3. The topological polar surface area (TPSA) is 104 Å². The molecule has 7 nitrogen and oxygen atoms in total. The number of aromatic amines is 1. The van der Waals surface area contributed by atoms with E-state index >= 15 is 0 Å². The van der Waals surface area contributed by atoms with Crippen LogP contribution in [0, 0.1) is 0 Å². The van der Waals surface area contributed by atoms with Gasteiger partial charge < -0.3 is 10.3 Å². The average Bonchev–Trinajstić information content (AvgIpc) is 3.28. The molecule has 0 fully saturated rings. The normalized spacial score (nSPS) is 13.5. The molecule has 0 aliphatic carbocycles. The third-order valence-electron chi connectivity index (χ3n) is 5.72. The smallest absolute Gasteiger partial charge is 0.251 e. The van der Waals surface area contributed by atoms with Gasteiger partial charge >= 0.3 is 0 Å². The summed E-state index contributed by atoms with van der Waals surface area (Å²) in [5.41, 5.74) is 3.16. The second kappa shape index (κ2) is 10.2. The SMILES string of the molecule is CCC(C)NS(=O)(=O)c1ccc(C(=O)NC(Cc2ccccc2)c2nc3ccccc3[nH]2)cc1. The molecule has 0 bridgehead atoms. The van der Waals surface area contributed by atoms with Crippen LogP contribution in [-0.2, 0) is 16.4 Å². The van der Waals surface area contributed by atoms with Gasteiger partial charge in [-0.2, -0.15) is 0 Å². The van der Waals surface area contributed by atoms with Crippen LogP contribution in [-0.4, -0.2) is 30.3 Å².